The fraction of sp³-hybridized carbons (Fsp3) is 0. The van der Waals surface area contributed by atoms with E-state index >= 15 is 0 Å². The molecule has 4 heteroatoms. The summed E-state index contributed by atoms with van der Waals surface area (Å²) in [5.41, 5.74) is 0. The van der Waals surface area contributed by atoms with E-state index in [4.69, 9.17) is 0 Å². The zero-order valence-corrected chi connectivity index (χ0v) is 8.09. The molecule has 0 N–H and O–H groups in total. The van der Waals surface area contributed by atoms with Crippen molar-refractivity contribution in [1.29, 1.82) is 0 Å². The first-order valence-corrected chi connectivity index (χ1v) is 0. The Labute approximate surface area is 72.7 Å². The van der Waals surface area contributed by atoms with Gasteiger partial charge in [0.15, 0.2) is 0 Å². The SMILES string of the molecule is [Cu].[Ni].[Pd].[Zn]. The van der Waals surface area contributed by atoms with Gasteiger partial charge in [-0.1, -0.05) is 0 Å². The van der Waals surface area contributed by atoms with Crippen LogP contribution in [-0.2, 0) is 73.5 Å². The normalized spacial score (nSPS) is 0. The van der Waals surface area contributed by atoms with Crippen molar-refractivity contribution in [2.75, 3.05) is 0 Å². The van der Waals surface area contributed by atoms with Crippen LogP contribution in [0.15, 0.2) is 0 Å². The molecule has 0 rings (SSSR count). The summed E-state index contributed by atoms with van der Waals surface area (Å²) in [7, 11) is 0. The Bertz CT molecular complexity index is 8.00. The van der Waals surface area contributed by atoms with Crippen molar-refractivity contribution in [3.05, 3.63) is 0 Å². The van der Waals surface area contributed by atoms with Gasteiger partial charge in [-0.25, -0.2) is 0 Å². The molecule has 0 heterocycles. The number of hydrogen-bond acceptors (Lipinski definition) is 0. The Morgan fingerprint density at radius 1 is 1.00 bits per heavy atom. The predicted octanol–water partition coefficient (Wildman–Crippen LogP) is -0.0100. The van der Waals surface area contributed by atoms with Gasteiger partial charge in [-0.3, -0.25) is 0 Å². The Morgan fingerprint density at radius 2 is 1.00 bits per heavy atom. The maximum Gasteiger partial charge on any atom is 0 e. The van der Waals surface area contributed by atoms with E-state index < -0.39 is 0 Å². The summed E-state index contributed by atoms with van der Waals surface area (Å²) in [6, 6.07) is 0. The molecule has 0 unspecified atom stereocenters. The smallest absolute Gasteiger partial charge is 0 e. The summed E-state index contributed by atoms with van der Waals surface area (Å²) in [5.74, 6) is 0. The summed E-state index contributed by atoms with van der Waals surface area (Å²) >= 11 is 0. The zero-order chi connectivity index (χ0) is 0. The summed E-state index contributed by atoms with van der Waals surface area (Å²) in [4.78, 5) is 0. The van der Waals surface area contributed by atoms with Crippen LogP contribution in [0.1, 0.15) is 0 Å². The van der Waals surface area contributed by atoms with Crippen LogP contribution < -0.4 is 0 Å². The van der Waals surface area contributed by atoms with Crippen molar-refractivity contribution >= 4 is 0 Å². The number of rotatable bonds is 0. The molecule has 0 saturated carbocycles. The van der Waals surface area contributed by atoms with Crippen molar-refractivity contribution in [2.45, 2.75) is 0 Å². The second kappa shape index (κ2) is 18.5. The zero-order valence-electron chi connectivity index (χ0n) is 1.64. The van der Waals surface area contributed by atoms with Gasteiger partial charge in [0.05, 0.1) is 0 Å². The van der Waals surface area contributed by atoms with Gasteiger partial charge < -0.3 is 0 Å². The molecule has 0 nitrogen and oxygen atoms in total. The van der Waals surface area contributed by atoms with Gasteiger partial charge in [0.25, 0.3) is 0 Å². The first-order valence-electron chi connectivity index (χ1n) is 0. The molecule has 0 bridgehead atoms. The molecule has 0 aromatic heterocycles. The molecule has 0 aromatic carbocycles. The van der Waals surface area contributed by atoms with Crippen molar-refractivity contribution in [3.63, 3.8) is 0 Å². The molecule has 0 aliphatic carbocycles. The second-order valence-electron chi connectivity index (χ2n) is 0. The van der Waals surface area contributed by atoms with Crippen LogP contribution in [0, 0.1) is 0 Å². The third-order valence-electron chi connectivity index (χ3n) is 0. The van der Waals surface area contributed by atoms with E-state index in [0.29, 0.717) is 0 Å². The first-order chi connectivity index (χ1) is 0. The molecule has 4 heavy (non-hydrogen) atoms. The third-order valence-corrected chi connectivity index (χ3v) is 0. The van der Waals surface area contributed by atoms with Crippen LogP contribution in [0.4, 0.5) is 0 Å². The quantitative estimate of drug-likeness (QED) is 0.551. The molecule has 0 aromatic rings. The molecule has 0 atom stereocenters. The van der Waals surface area contributed by atoms with Gasteiger partial charge >= 0.3 is 0 Å². The van der Waals surface area contributed by atoms with Gasteiger partial charge in [0.1, 0.15) is 0 Å². The monoisotopic (exact) mass is 291 g/mol. The molecule has 0 aliphatic rings. The van der Waals surface area contributed by atoms with Crippen LogP contribution in [0.2, 0.25) is 0 Å². The van der Waals surface area contributed by atoms with Crippen LogP contribution in [0.5, 0.6) is 0 Å². The van der Waals surface area contributed by atoms with Gasteiger partial charge in [-0.05, 0) is 0 Å². The summed E-state index contributed by atoms with van der Waals surface area (Å²) in [6.07, 6.45) is 0. The second-order valence-corrected chi connectivity index (χ2v) is 0. The van der Waals surface area contributed by atoms with Crippen LogP contribution in [-0.4, -0.2) is 0 Å². The standard InChI is InChI=1S/Cu.Ni.Pd.Zn. The summed E-state index contributed by atoms with van der Waals surface area (Å²) in [6.45, 7) is 0. The Balaban J connectivity index is 0. The Kier molecular flexibility index (Phi) is 155. The van der Waals surface area contributed by atoms with E-state index in [-0.39, 0.29) is 73.5 Å². The molecule has 0 spiro atoms. The van der Waals surface area contributed by atoms with Crippen LogP contribution in [0.25, 0.3) is 0 Å². The van der Waals surface area contributed by atoms with Crippen molar-refractivity contribution < 1.29 is 73.5 Å². The minimum absolute atomic E-state index is 0. The Morgan fingerprint density at radius 3 is 1.00 bits per heavy atom. The minimum Gasteiger partial charge on any atom is 0 e. The molecule has 0 fully saturated rings. The third kappa shape index (κ3) is 8.85. The van der Waals surface area contributed by atoms with Gasteiger partial charge in [-0.2, -0.15) is 0 Å². The first kappa shape index (κ1) is 33.5. The van der Waals surface area contributed by atoms with E-state index in [2.05, 4.69) is 0 Å². The molecular formula is CuNiPdZn. The fourth-order valence-corrected chi connectivity index (χ4v) is 0. The molecule has 0 aliphatic heterocycles. The van der Waals surface area contributed by atoms with E-state index in [9.17, 15) is 0 Å². The predicted molar refractivity (Wildman–Crippen MR) is 0 cm³/mol. The van der Waals surface area contributed by atoms with Gasteiger partial charge in [0.2, 0.25) is 0 Å². The molecule has 0 amide bonds. The van der Waals surface area contributed by atoms with Crippen LogP contribution in [0.3, 0.4) is 0 Å². The van der Waals surface area contributed by atoms with E-state index in [0.717, 1.165) is 0 Å². The van der Waals surface area contributed by atoms with Crippen molar-refractivity contribution in [3.8, 4) is 0 Å². The topological polar surface area (TPSA) is 0 Å². The Hall–Kier alpha value is 2.30. The average molecular weight is 294 g/mol. The molecular weight excluding hydrogens is 294 g/mol. The van der Waals surface area contributed by atoms with Gasteiger partial charge in [0, 0.05) is 73.5 Å². The van der Waals surface area contributed by atoms with Crippen molar-refractivity contribution in [2.24, 2.45) is 0 Å². The number of hydrogen-bond donors (Lipinski definition) is 0. The van der Waals surface area contributed by atoms with E-state index in [1.54, 1.807) is 0 Å². The maximum absolute atomic E-state index is 0. The summed E-state index contributed by atoms with van der Waals surface area (Å²) < 4.78 is 0. The molecule has 33 valence electrons. The summed E-state index contributed by atoms with van der Waals surface area (Å²) in [5, 5.41) is 0. The average Bonchev–Trinajstić information content (AvgIpc) is 0. The molecule has 1 radical (unpaired) electrons. The van der Waals surface area contributed by atoms with Crippen molar-refractivity contribution in [1.82, 2.24) is 0 Å². The fourth-order valence-electron chi connectivity index (χ4n) is 0. The van der Waals surface area contributed by atoms with Crippen LogP contribution >= 0.6 is 0 Å². The van der Waals surface area contributed by atoms with Gasteiger partial charge in [-0.15, -0.1) is 0 Å². The maximum atomic E-state index is 0. The van der Waals surface area contributed by atoms with E-state index in [1.807, 2.05) is 0 Å². The van der Waals surface area contributed by atoms with E-state index in [1.165, 1.54) is 0 Å². The largest absolute Gasteiger partial charge is 0 e. The minimum atomic E-state index is 0. The molecule has 0 saturated heterocycles.